The number of ether oxygens (including phenoxy) is 1. The molecule has 1 aliphatic carbocycles. The van der Waals surface area contributed by atoms with E-state index in [9.17, 15) is 4.39 Å². The zero-order valence-corrected chi connectivity index (χ0v) is 17.8. The highest BCUT2D eigenvalue weighted by Crippen LogP contribution is 2.44. The summed E-state index contributed by atoms with van der Waals surface area (Å²) in [4.78, 5) is 0. The zero-order chi connectivity index (χ0) is 19.2. The van der Waals surface area contributed by atoms with Gasteiger partial charge in [-0.3, -0.25) is 0 Å². The van der Waals surface area contributed by atoms with Gasteiger partial charge in [-0.25, -0.2) is 9.07 Å². The molecule has 1 aromatic carbocycles. The molecule has 4 rings (SSSR count). The van der Waals surface area contributed by atoms with Crippen LogP contribution in [0.3, 0.4) is 0 Å². The van der Waals surface area contributed by atoms with Crippen molar-refractivity contribution in [3.05, 3.63) is 47.1 Å². The molecular weight excluding hydrogens is 381 g/mol. The highest BCUT2D eigenvalue weighted by molar-refractivity contribution is 6.76. The average Bonchev–Trinajstić information content (AvgIpc) is 3.22. The molecule has 27 heavy (non-hydrogen) atoms. The molecule has 7 heteroatoms. The maximum Gasteiger partial charge on any atom is 0.166 e. The van der Waals surface area contributed by atoms with Gasteiger partial charge in [0.05, 0.1) is 28.6 Å². The molecule has 1 fully saturated rings. The maximum atomic E-state index is 14.8. The topological polar surface area (TPSA) is 32.0 Å². The summed E-state index contributed by atoms with van der Waals surface area (Å²) in [6.45, 7) is 8.15. The third-order valence-electron chi connectivity index (χ3n) is 4.98. The second-order valence-electron chi connectivity index (χ2n) is 8.56. The molecule has 0 bridgehead atoms. The zero-order valence-electron chi connectivity index (χ0n) is 16.0. The van der Waals surface area contributed by atoms with Gasteiger partial charge in [-0.2, -0.15) is 5.10 Å². The minimum atomic E-state index is -1.10. The van der Waals surface area contributed by atoms with Crippen molar-refractivity contribution in [3.8, 4) is 5.69 Å². The van der Waals surface area contributed by atoms with Gasteiger partial charge in [-0.1, -0.05) is 37.3 Å². The summed E-state index contributed by atoms with van der Waals surface area (Å²) in [5.74, 6) is 0.104. The Morgan fingerprint density at radius 3 is 2.78 bits per heavy atom. The van der Waals surface area contributed by atoms with Gasteiger partial charge in [-0.05, 0) is 36.9 Å². The van der Waals surface area contributed by atoms with Crippen molar-refractivity contribution in [2.45, 2.75) is 51.2 Å². The van der Waals surface area contributed by atoms with Crippen LogP contribution in [0.25, 0.3) is 16.6 Å². The van der Waals surface area contributed by atoms with E-state index in [4.69, 9.17) is 16.3 Å². The summed E-state index contributed by atoms with van der Waals surface area (Å²) >= 11 is 6.05. The number of benzene rings is 1. The molecule has 0 aliphatic heterocycles. The second-order valence-corrected chi connectivity index (χ2v) is 14.6. The highest BCUT2D eigenvalue weighted by atomic mass is 35.5. The molecule has 0 amide bonds. The smallest absolute Gasteiger partial charge is 0.166 e. The third-order valence-corrected chi connectivity index (χ3v) is 6.97. The van der Waals surface area contributed by atoms with Gasteiger partial charge < -0.3 is 9.30 Å². The predicted molar refractivity (Wildman–Crippen MR) is 110 cm³/mol. The first kappa shape index (κ1) is 18.7. The Morgan fingerprint density at radius 2 is 2.07 bits per heavy atom. The van der Waals surface area contributed by atoms with E-state index in [1.54, 1.807) is 16.9 Å². The summed E-state index contributed by atoms with van der Waals surface area (Å²) < 4.78 is 24.3. The van der Waals surface area contributed by atoms with Gasteiger partial charge >= 0.3 is 0 Å². The monoisotopic (exact) mass is 405 g/mol. The molecule has 2 heterocycles. The fourth-order valence-corrected chi connectivity index (χ4v) is 4.19. The highest BCUT2D eigenvalue weighted by Gasteiger charge is 2.30. The van der Waals surface area contributed by atoms with Crippen molar-refractivity contribution in [2.75, 3.05) is 6.61 Å². The molecule has 0 spiro atoms. The first-order valence-electron chi connectivity index (χ1n) is 9.43. The van der Waals surface area contributed by atoms with E-state index in [1.807, 2.05) is 16.8 Å². The Kier molecular flexibility index (Phi) is 4.90. The van der Waals surface area contributed by atoms with Crippen LogP contribution in [-0.2, 0) is 11.5 Å². The van der Waals surface area contributed by atoms with Crippen LogP contribution >= 0.6 is 11.6 Å². The molecule has 1 saturated carbocycles. The number of hydrogen-bond donors (Lipinski definition) is 0. The number of aromatic nitrogens is 3. The van der Waals surface area contributed by atoms with Crippen LogP contribution in [0.15, 0.2) is 30.6 Å². The van der Waals surface area contributed by atoms with E-state index < -0.39 is 8.07 Å². The van der Waals surface area contributed by atoms with Crippen LogP contribution in [-0.4, -0.2) is 29.0 Å². The van der Waals surface area contributed by atoms with Gasteiger partial charge in [0.1, 0.15) is 6.73 Å². The lowest BCUT2D eigenvalue weighted by molar-refractivity contribution is 0.0786. The van der Waals surface area contributed by atoms with Gasteiger partial charge in [0.15, 0.2) is 5.82 Å². The molecule has 144 valence electrons. The van der Waals surface area contributed by atoms with Crippen molar-refractivity contribution in [2.24, 2.45) is 0 Å². The lowest BCUT2D eigenvalue weighted by Gasteiger charge is -2.15. The summed E-state index contributed by atoms with van der Waals surface area (Å²) in [6.07, 6.45) is 5.97. The molecule has 1 aliphatic rings. The van der Waals surface area contributed by atoms with Gasteiger partial charge in [0.25, 0.3) is 0 Å². The van der Waals surface area contributed by atoms with E-state index >= 15 is 0 Å². The van der Waals surface area contributed by atoms with Crippen LogP contribution in [0.4, 0.5) is 4.39 Å². The second kappa shape index (κ2) is 7.07. The number of nitrogens with zero attached hydrogens (tertiary/aromatic N) is 3. The van der Waals surface area contributed by atoms with E-state index in [2.05, 4.69) is 30.8 Å². The third kappa shape index (κ3) is 3.98. The number of fused-ring (bicyclic) bond motifs is 1. The number of hydrogen-bond acceptors (Lipinski definition) is 2. The Labute approximate surface area is 164 Å². The minimum absolute atomic E-state index is 0.145. The minimum Gasteiger partial charge on any atom is -0.360 e. The molecule has 4 nitrogen and oxygen atoms in total. The first-order valence-corrected chi connectivity index (χ1v) is 13.5. The summed E-state index contributed by atoms with van der Waals surface area (Å²) in [6, 6.07) is 6.70. The van der Waals surface area contributed by atoms with Crippen molar-refractivity contribution in [1.82, 2.24) is 14.3 Å². The van der Waals surface area contributed by atoms with Gasteiger partial charge in [0.2, 0.25) is 0 Å². The molecule has 0 saturated heterocycles. The number of rotatable bonds is 7. The SMILES string of the molecule is C[Si](C)(C)CCOCn1cc(-n2c(C3CC3)cc3ccc(Cl)c(F)c32)cn1. The fraction of sp³-hybridized carbons (Fsp3) is 0.450. The van der Waals surface area contributed by atoms with Gasteiger partial charge in [-0.15, -0.1) is 0 Å². The standard InChI is InChI=1S/C20H25ClFN3OSi/c1-27(2,3)9-8-26-13-24-12-16(11-23-24)25-18(14-4-5-14)10-15-6-7-17(21)19(22)20(15)25/h6-7,10-12,14H,4-5,8-9,13H2,1-3H3. The maximum absolute atomic E-state index is 14.8. The van der Waals surface area contributed by atoms with E-state index in [0.717, 1.165) is 42.3 Å². The van der Waals surface area contributed by atoms with E-state index in [-0.39, 0.29) is 10.8 Å². The summed E-state index contributed by atoms with van der Waals surface area (Å²) in [7, 11) is -1.10. The largest absolute Gasteiger partial charge is 0.360 e. The van der Waals surface area contributed by atoms with Crippen LogP contribution in [0, 0.1) is 5.82 Å². The predicted octanol–water partition coefficient (Wildman–Crippen LogP) is 5.81. The van der Waals surface area contributed by atoms with Crippen LogP contribution in [0.1, 0.15) is 24.5 Å². The van der Waals surface area contributed by atoms with Crippen LogP contribution in [0.5, 0.6) is 0 Å². The normalized spacial score (nSPS) is 15.0. The Hall–Kier alpha value is -1.63. The molecule has 3 aromatic rings. The quantitative estimate of drug-likeness (QED) is 0.367. The summed E-state index contributed by atoms with van der Waals surface area (Å²) in [5, 5.41) is 5.43. The fourth-order valence-electron chi connectivity index (χ4n) is 3.28. The average molecular weight is 406 g/mol. The Morgan fingerprint density at radius 1 is 1.30 bits per heavy atom. The Bertz CT molecular complexity index is 972. The van der Waals surface area contributed by atoms with Crippen molar-refractivity contribution in [1.29, 1.82) is 0 Å². The molecule has 0 radical (unpaired) electrons. The van der Waals surface area contributed by atoms with Crippen molar-refractivity contribution < 1.29 is 9.13 Å². The Balaban J connectivity index is 1.62. The number of halogens is 2. The van der Waals surface area contributed by atoms with Crippen LogP contribution in [0.2, 0.25) is 30.7 Å². The molecular formula is C20H25ClFN3OSi. The van der Waals surface area contributed by atoms with Gasteiger partial charge in [0, 0.05) is 25.8 Å². The lowest BCUT2D eigenvalue weighted by atomic mass is 10.2. The summed E-state index contributed by atoms with van der Waals surface area (Å²) in [5.41, 5.74) is 2.51. The van der Waals surface area contributed by atoms with Crippen LogP contribution < -0.4 is 0 Å². The van der Waals surface area contributed by atoms with E-state index in [1.165, 1.54) is 0 Å². The molecule has 0 atom stereocenters. The molecule has 0 N–H and O–H groups in total. The van der Waals surface area contributed by atoms with E-state index in [0.29, 0.717) is 18.2 Å². The van der Waals surface area contributed by atoms with Crippen molar-refractivity contribution in [3.63, 3.8) is 0 Å². The molecule has 0 unspecified atom stereocenters. The lowest BCUT2D eigenvalue weighted by Crippen LogP contribution is -2.22. The van der Waals surface area contributed by atoms with Crippen molar-refractivity contribution >= 4 is 30.6 Å². The first-order chi connectivity index (χ1) is 12.8. The molecule has 2 aromatic heterocycles.